The van der Waals surface area contributed by atoms with Gasteiger partial charge in [-0.2, -0.15) is 8.78 Å². The second-order valence-electron chi connectivity index (χ2n) is 6.36. The number of amides is 1. The first kappa shape index (κ1) is 16.0. The number of halogens is 2. The van der Waals surface area contributed by atoms with Crippen LogP contribution in [0, 0.1) is 0 Å². The average Bonchev–Trinajstić information content (AvgIpc) is 2.86. The quantitative estimate of drug-likeness (QED) is 0.927. The molecular formula is C16H19F2NO4. The smallest absolute Gasteiger partial charge is 0.387 e. The van der Waals surface area contributed by atoms with Crippen LogP contribution < -0.4 is 9.47 Å². The molecule has 2 atom stereocenters. The number of carbonyl (C=O) groups is 1. The van der Waals surface area contributed by atoms with Crippen molar-refractivity contribution in [3.05, 3.63) is 23.8 Å². The van der Waals surface area contributed by atoms with E-state index in [9.17, 15) is 18.7 Å². The molecule has 1 saturated heterocycles. The normalized spacial score (nSPS) is 26.2. The second-order valence-corrected chi connectivity index (χ2v) is 6.36. The number of carbonyl (C=O) groups excluding carboxylic acids is 1. The lowest BCUT2D eigenvalue weighted by Gasteiger charge is -2.45. The van der Waals surface area contributed by atoms with E-state index < -0.39 is 24.4 Å². The average molecular weight is 327 g/mol. The van der Waals surface area contributed by atoms with Crippen LogP contribution in [0.25, 0.3) is 0 Å². The molecule has 0 aromatic heterocycles. The number of likely N-dealkylation sites (tertiary alicyclic amines) is 1. The van der Waals surface area contributed by atoms with Crippen molar-refractivity contribution >= 4 is 5.91 Å². The maximum absolute atomic E-state index is 12.4. The molecule has 5 nitrogen and oxygen atoms in total. The Morgan fingerprint density at radius 3 is 2.78 bits per heavy atom. The number of nitrogens with zero attached hydrogens (tertiary/aromatic N) is 1. The molecule has 3 rings (SSSR count). The summed E-state index contributed by atoms with van der Waals surface area (Å²) in [6.07, 6.45) is 0.165. The summed E-state index contributed by atoms with van der Waals surface area (Å²) in [5, 5.41) is 10.7. The largest absolute Gasteiger partial charge is 0.485 e. The lowest BCUT2D eigenvalue weighted by Crippen LogP contribution is -2.53. The van der Waals surface area contributed by atoms with Gasteiger partial charge >= 0.3 is 6.61 Å². The summed E-state index contributed by atoms with van der Waals surface area (Å²) in [4.78, 5) is 13.7. The van der Waals surface area contributed by atoms with Gasteiger partial charge in [-0.25, -0.2) is 0 Å². The Kier molecular flexibility index (Phi) is 3.91. The topological polar surface area (TPSA) is 59.0 Å². The highest BCUT2D eigenvalue weighted by molar-refractivity contribution is 5.79. The van der Waals surface area contributed by atoms with Crippen LogP contribution in [0.4, 0.5) is 8.78 Å². The van der Waals surface area contributed by atoms with Crippen LogP contribution >= 0.6 is 0 Å². The van der Waals surface area contributed by atoms with Crippen LogP contribution in [0.2, 0.25) is 0 Å². The first-order chi connectivity index (χ1) is 10.8. The number of ether oxygens (including phenoxy) is 2. The van der Waals surface area contributed by atoms with E-state index >= 15 is 0 Å². The summed E-state index contributed by atoms with van der Waals surface area (Å²) >= 11 is 0. The Hall–Kier alpha value is -1.89. The summed E-state index contributed by atoms with van der Waals surface area (Å²) in [5.74, 6) is 0.385. The minimum absolute atomic E-state index is 0.0223. The summed E-state index contributed by atoms with van der Waals surface area (Å²) in [6, 6.07) is 3.71. The zero-order valence-electron chi connectivity index (χ0n) is 13.0. The van der Waals surface area contributed by atoms with Gasteiger partial charge in [0.15, 0.2) is 0 Å². The molecule has 0 spiro atoms. The maximum atomic E-state index is 12.4. The van der Waals surface area contributed by atoms with Gasteiger partial charge in [-0.3, -0.25) is 4.79 Å². The van der Waals surface area contributed by atoms with E-state index in [0.717, 1.165) is 0 Å². The molecule has 2 aliphatic heterocycles. The third-order valence-corrected chi connectivity index (χ3v) is 4.36. The van der Waals surface area contributed by atoms with Crippen molar-refractivity contribution in [1.29, 1.82) is 0 Å². The monoisotopic (exact) mass is 327 g/mol. The molecule has 7 heteroatoms. The highest BCUT2D eigenvalue weighted by atomic mass is 19.3. The van der Waals surface area contributed by atoms with Crippen molar-refractivity contribution < 1.29 is 28.2 Å². The minimum Gasteiger partial charge on any atom is -0.485 e. The van der Waals surface area contributed by atoms with E-state index in [1.807, 2.05) is 0 Å². The molecule has 0 aliphatic carbocycles. The second kappa shape index (κ2) is 5.63. The lowest BCUT2D eigenvalue weighted by molar-refractivity contribution is -0.139. The van der Waals surface area contributed by atoms with Crippen LogP contribution in [0.3, 0.4) is 0 Å². The van der Waals surface area contributed by atoms with Crippen molar-refractivity contribution in [3.8, 4) is 11.5 Å². The summed E-state index contributed by atoms with van der Waals surface area (Å²) in [7, 11) is 0. The van der Waals surface area contributed by atoms with Crippen molar-refractivity contribution in [2.45, 2.75) is 51.0 Å². The fourth-order valence-corrected chi connectivity index (χ4v) is 3.22. The van der Waals surface area contributed by atoms with Gasteiger partial charge < -0.3 is 19.5 Å². The molecular weight excluding hydrogens is 308 g/mol. The fraction of sp³-hybridized carbons (Fsp3) is 0.562. The van der Waals surface area contributed by atoms with E-state index in [2.05, 4.69) is 4.74 Å². The number of rotatable bonds is 3. The van der Waals surface area contributed by atoms with E-state index in [-0.39, 0.29) is 11.7 Å². The molecule has 0 radical (unpaired) electrons. The Morgan fingerprint density at radius 1 is 1.43 bits per heavy atom. The van der Waals surface area contributed by atoms with Crippen molar-refractivity contribution in [1.82, 2.24) is 4.90 Å². The Balaban J connectivity index is 2.05. The zero-order valence-corrected chi connectivity index (χ0v) is 13.0. The van der Waals surface area contributed by atoms with Gasteiger partial charge in [0, 0.05) is 18.5 Å². The van der Waals surface area contributed by atoms with E-state index in [0.29, 0.717) is 30.7 Å². The van der Waals surface area contributed by atoms with Crippen molar-refractivity contribution in [2.24, 2.45) is 0 Å². The van der Waals surface area contributed by atoms with Crippen LogP contribution in [0.1, 0.15) is 38.3 Å². The SMILES string of the molecule is CC1(C)Oc2ccc(OC(F)F)cc2C(N2CCCC2=O)C1O. The van der Waals surface area contributed by atoms with Gasteiger partial charge in [-0.05, 0) is 38.5 Å². The number of aliphatic hydroxyl groups is 1. The summed E-state index contributed by atoms with van der Waals surface area (Å²) < 4.78 is 35.1. The molecule has 0 saturated carbocycles. The van der Waals surface area contributed by atoms with Crippen molar-refractivity contribution in [2.75, 3.05) is 6.54 Å². The molecule has 126 valence electrons. The predicted molar refractivity (Wildman–Crippen MR) is 77.5 cm³/mol. The van der Waals surface area contributed by atoms with Gasteiger partial charge in [0.25, 0.3) is 0 Å². The van der Waals surface area contributed by atoms with Gasteiger partial charge in [-0.15, -0.1) is 0 Å². The van der Waals surface area contributed by atoms with Crippen LogP contribution in [0.5, 0.6) is 11.5 Å². The number of aliphatic hydroxyl groups excluding tert-OH is 1. The highest BCUT2D eigenvalue weighted by Gasteiger charge is 2.47. The Morgan fingerprint density at radius 2 is 2.17 bits per heavy atom. The molecule has 1 aromatic rings. The number of alkyl halides is 2. The fourth-order valence-electron chi connectivity index (χ4n) is 3.22. The summed E-state index contributed by atoms with van der Waals surface area (Å²) in [6.45, 7) is 1.05. The minimum atomic E-state index is -2.94. The third kappa shape index (κ3) is 2.85. The molecule has 0 bridgehead atoms. The van der Waals surface area contributed by atoms with Crippen LogP contribution in [-0.4, -0.2) is 40.8 Å². The van der Waals surface area contributed by atoms with E-state index in [1.165, 1.54) is 18.2 Å². The molecule has 2 aliphatic rings. The summed E-state index contributed by atoms with van der Waals surface area (Å²) in [5.41, 5.74) is -0.406. The van der Waals surface area contributed by atoms with Gasteiger partial charge in [-0.1, -0.05) is 0 Å². The first-order valence-electron chi connectivity index (χ1n) is 7.55. The third-order valence-electron chi connectivity index (χ3n) is 4.36. The molecule has 2 unspecified atom stereocenters. The number of fused-ring (bicyclic) bond motifs is 1. The lowest BCUT2D eigenvalue weighted by atomic mass is 9.85. The number of hydrogen-bond donors (Lipinski definition) is 1. The standard InChI is InChI=1S/C16H19F2NO4/c1-16(2)14(21)13(19-7-3-4-12(19)20)10-8-9(22-15(17)18)5-6-11(10)23-16/h5-6,8,13-15,21H,3-4,7H2,1-2H3. The number of benzene rings is 1. The Labute approximate surface area is 132 Å². The molecule has 23 heavy (non-hydrogen) atoms. The van der Waals surface area contributed by atoms with Crippen LogP contribution in [0.15, 0.2) is 18.2 Å². The maximum Gasteiger partial charge on any atom is 0.387 e. The van der Waals surface area contributed by atoms with E-state index in [4.69, 9.17) is 4.74 Å². The number of hydrogen-bond acceptors (Lipinski definition) is 4. The zero-order chi connectivity index (χ0) is 16.8. The molecule has 1 amide bonds. The first-order valence-corrected chi connectivity index (χ1v) is 7.55. The molecule has 1 fully saturated rings. The van der Waals surface area contributed by atoms with Gasteiger partial charge in [0.2, 0.25) is 5.91 Å². The van der Waals surface area contributed by atoms with E-state index in [1.54, 1.807) is 18.7 Å². The Bertz CT molecular complexity index is 620. The van der Waals surface area contributed by atoms with Crippen LogP contribution in [-0.2, 0) is 4.79 Å². The molecule has 2 heterocycles. The highest BCUT2D eigenvalue weighted by Crippen LogP contribution is 2.45. The molecule has 1 aromatic carbocycles. The molecule has 1 N–H and O–H groups in total. The van der Waals surface area contributed by atoms with Crippen molar-refractivity contribution in [3.63, 3.8) is 0 Å². The van der Waals surface area contributed by atoms with Gasteiger partial charge in [0.05, 0.1) is 6.04 Å². The van der Waals surface area contributed by atoms with Gasteiger partial charge in [0.1, 0.15) is 23.2 Å². The predicted octanol–water partition coefficient (Wildman–Crippen LogP) is 2.48.